The Morgan fingerprint density at radius 2 is 1.78 bits per heavy atom. The molecule has 0 fully saturated rings. The number of aromatic nitrogens is 1. The summed E-state index contributed by atoms with van der Waals surface area (Å²) in [5.74, 6) is 1.41. The average Bonchev–Trinajstić information content (AvgIpc) is 2.62. The number of rotatable bonds is 8. The molecule has 0 saturated heterocycles. The maximum absolute atomic E-state index is 11.2. The minimum absolute atomic E-state index is 0.0774. The van der Waals surface area contributed by atoms with Gasteiger partial charge in [0.1, 0.15) is 18.1 Å². The Hall–Kier alpha value is -1.58. The first-order valence-corrected chi connectivity index (χ1v) is 10.2. The fraction of sp³-hybridized carbons (Fsp3) is 0.455. The highest BCUT2D eigenvalue weighted by atomic mass is 35.5. The van der Waals surface area contributed by atoms with E-state index in [2.05, 4.69) is 25.8 Å². The topological polar surface area (TPSA) is 39.2 Å². The van der Waals surface area contributed by atoms with Crippen molar-refractivity contribution in [3.63, 3.8) is 0 Å². The lowest BCUT2D eigenvalue weighted by Gasteiger charge is -2.08. The van der Waals surface area contributed by atoms with E-state index >= 15 is 0 Å². The standard InChI is InChI=1S/C14H11Cl2NO2.C8H18/c1-9(18)13-4-2-3-11(17-13)8-19-14-6-5-10(15)7-12(14)16;1-4-6-8(3)7-5-2/h2-7H,8H2,1H3;8H,4-7H2,1-3H3. The number of ether oxygens (including phenoxy) is 1. The smallest absolute Gasteiger partial charge is 0.178 e. The summed E-state index contributed by atoms with van der Waals surface area (Å²) in [5.41, 5.74) is 1.09. The van der Waals surface area contributed by atoms with Crippen LogP contribution in [0.25, 0.3) is 0 Å². The van der Waals surface area contributed by atoms with Crippen LogP contribution in [-0.2, 0) is 6.61 Å². The molecule has 2 rings (SSSR count). The highest BCUT2D eigenvalue weighted by Gasteiger charge is 2.05. The number of hydrogen-bond donors (Lipinski definition) is 0. The number of halogens is 2. The summed E-state index contributed by atoms with van der Waals surface area (Å²) in [6, 6.07) is 10.2. The van der Waals surface area contributed by atoms with E-state index in [0.29, 0.717) is 27.2 Å². The highest BCUT2D eigenvalue weighted by Crippen LogP contribution is 2.28. The molecule has 0 saturated carbocycles. The number of Topliss-reactive ketones (excluding diaryl/α,β-unsaturated/α-hetero) is 1. The van der Waals surface area contributed by atoms with Crippen LogP contribution < -0.4 is 4.74 Å². The van der Waals surface area contributed by atoms with Gasteiger partial charge in [0.15, 0.2) is 5.78 Å². The van der Waals surface area contributed by atoms with Crippen molar-refractivity contribution in [1.29, 1.82) is 0 Å². The first-order valence-electron chi connectivity index (χ1n) is 9.42. The number of hydrogen-bond acceptors (Lipinski definition) is 3. The van der Waals surface area contributed by atoms with Crippen molar-refractivity contribution in [1.82, 2.24) is 4.98 Å². The third kappa shape index (κ3) is 9.25. The molecule has 0 spiro atoms. The average molecular weight is 410 g/mol. The van der Waals surface area contributed by atoms with Crippen molar-refractivity contribution in [3.8, 4) is 5.75 Å². The Morgan fingerprint density at radius 3 is 2.33 bits per heavy atom. The van der Waals surface area contributed by atoms with Gasteiger partial charge in [-0.2, -0.15) is 0 Å². The number of pyridine rings is 1. The van der Waals surface area contributed by atoms with Crippen LogP contribution in [0.15, 0.2) is 36.4 Å². The van der Waals surface area contributed by atoms with Crippen LogP contribution in [0.2, 0.25) is 10.0 Å². The lowest BCUT2D eigenvalue weighted by atomic mass is 10.0. The number of nitrogens with zero attached hydrogens (tertiary/aromatic N) is 1. The maximum atomic E-state index is 11.2. The van der Waals surface area contributed by atoms with Gasteiger partial charge in [-0.15, -0.1) is 0 Å². The Bertz CT molecular complexity index is 713. The second-order valence-corrected chi connectivity index (χ2v) is 7.46. The highest BCUT2D eigenvalue weighted by molar-refractivity contribution is 6.35. The molecule has 2 aromatic rings. The van der Waals surface area contributed by atoms with E-state index in [0.717, 1.165) is 5.92 Å². The van der Waals surface area contributed by atoms with Crippen LogP contribution in [0, 0.1) is 5.92 Å². The van der Waals surface area contributed by atoms with Gasteiger partial charge >= 0.3 is 0 Å². The lowest BCUT2D eigenvalue weighted by molar-refractivity contribution is 0.101. The Morgan fingerprint density at radius 1 is 1.11 bits per heavy atom. The van der Waals surface area contributed by atoms with Gasteiger partial charge in [-0.3, -0.25) is 4.79 Å². The first-order chi connectivity index (χ1) is 12.9. The quantitative estimate of drug-likeness (QED) is 0.426. The molecule has 0 N–H and O–H groups in total. The summed E-state index contributed by atoms with van der Waals surface area (Å²) in [7, 11) is 0. The van der Waals surface area contributed by atoms with Crippen molar-refractivity contribution in [3.05, 3.63) is 57.8 Å². The molecule has 0 bridgehead atoms. The zero-order valence-corrected chi connectivity index (χ0v) is 18.1. The van der Waals surface area contributed by atoms with Crippen LogP contribution in [-0.4, -0.2) is 10.8 Å². The summed E-state index contributed by atoms with van der Waals surface area (Å²) >= 11 is 11.8. The molecule has 0 aliphatic carbocycles. The van der Waals surface area contributed by atoms with Crippen molar-refractivity contribution in [2.75, 3.05) is 0 Å². The first kappa shape index (κ1) is 23.5. The van der Waals surface area contributed by atoms with Gasteiger partial charge in [-0.05, 0) is 36.2 Å². The third-order valence-electron chi connectivity index (χ3n) is 4.00. The summed E-state index contributed by atoms with van der Waals surface area (Å²) in [5, 5.41) is 0.990. The normalized spacial score (nSPS) is 10.3. The minimum Gasteiger partial charge on any atom is -0.486 e. The number of ketones is 1. The van der Waals surface area contributed by atoms with Crippen molar-refractivity contribution in [2.24, 2.45) is 5.92 Å². The van der Waals surface area contributed by atoms with Gasteiger partial charge in [-0.25, -0.2) is 4.98 Å². The predicted octanol–water partition coefficient (Wildman–Crippen LogP) is 7.39. The van der Waals surface area contributed by atoms with Gasteiger partial charge in [0.25, 0.3) is 0 Å². The van der Waals surface area contributed by atoms with Crippen LogP contribution in [0.1, 0.15) is 69.6 Å². The maximum Gasteiger partial charge on any atom is 0.178 e. The molecule has 1 aromatic carbocycles. The summed E-state index contributed by atoms with van der Waals surface area (Å²) < 4.78 is 5.55. The van der Waals surface area contributed by atoms with E-state index in [1.807, 2.05) is 0 Å². The third-order valence-corrected chi connectivity index (χ3v) is 4.53. The molecule has 0 aliphatic rings. The summed E-state index contributed by atoms with van der Waals surface area (Å²) in [4.78, 5) is 15.4. The molecule has 0 amide bonds. The molecule has 0 aliphatic heterocycles. The van der Waals surface area contributed by atoms with Crippen LogP contribution in [0.3, 0.4) is 0 Å². The van der Waals surface area contributed by atoms with E-state index in [-0.39, 0.29) is 12.4 Å². The van der Waals surface area contributed by atoms with Gasteiger partial charge in [0.05, 0.1) is 10.7 Å². The minimum atomic E-state index is -0.0774. The molecule has 0 radical (unpaired) electrons. The summed E-state index contributed by atoms with van der Waals surface area (Å²) in [6.45, 7) is 8.57. The van der Waals surface area contributed by atoms with Crippen molar-refractivity contribution in [2.45, 2.75) is 60.0 Å². The largest absolute Gasteiger partial charge is 0.486 e. The second kappa shape index (κ2) is 12.7. The van der Waals surface area contributed by atoms with E-state index in [1.165, 1.54) is 32.6 Å². The van der Waals surface area contributed by atoms with Crippen LogP contribution >= 0.6 is 23.2 Å². The van der Waals surface area contributed by atoms with Crippen molar-refractivity contribution < 1.29 is 9.53 Å². The molecule has 0 unspecified atom stereocenters. The van der Waals surface area contributed by atoms with Gasteiger partial charge in [0, 0.05) is 11.9 Å². The molecule has 27 heavy (non-hydrogen) atoms. The van der Waals surface area contributed by atoms with Gasteiger partial charge < -0.3 is 4.74 Å². The molecule has 148 valence electrons. The van der Waals surface area contributed by atoms with E-state index in [4.69, 9.17) is 27.9 Å². The number of carbonyl (C=O) groups is 1. The Kier molecular flexibility index (Phi) is 11.1. The fourth-order valence-corrected chi connectivity index (χ4v) is 3.09. The Labute approximate surface area is 173 Å². The zero-order valence-electron chi connectivity index (χ0n) is 16.6. The van der Waals surface area contributed by atoms with E-state index in [1.54, 1.807) is 36.4 Å². The predicted molar refractivity (Wildman–Crippen MR) is 114 cm³/mol. The monoisotopic (exact) mass is 409 g/mol. The second-order valence-electron chi connectivity index (χ2n) is 6.62. The molecule has 0 atom stereocenters. The SMILES string of the molecule is CC(=O)c1cccc(COc2ccc(Cl)cc2Cl)n1.CCCC(C)CCC. The molecule has 1 aromatic heterocycles. The molecule has 1 heterocycles. The summed E-state index contributed by atoms with van der Waals surface area (Å²) in [6.07, 6.45) is 5.52. The molecular weight excluding hydrogens is 381 g/mol. The van der Waals surface area contributed by atoms with Gasteiger partial charge in [-0.1, -0.05) is 75.7 Å². The molecular formula is C22H29Cl2NO2. The van der Waals surface area contributed by atoms with E-state index < -0.39 is 0 Å². The number of carbonyl (C=O) groups excluding carboxylic acids is 1. The van der Waals surface area contributed by atoms with E-state index in [9.17, 15) is 4.79 Å². The Balaban J connectivity index is 0.000000387. The van der Waals surface area contributed by atoms with Crippen LogP contribution in [0.4, 0.5) is 0 Å². The fourth-order valence-electron chi connectivity index (χ4n) is 2.63. The van der Waals surface area contributed by atoms with Gasteiger partial charge in [0.2, 0.25) is 0 Å². The number of benzene rings is 1. The molecule has 5 heteroatoms. The van der Waals surface area contributed by atoms with Crippen molar-refractivity contribution >= 4 is 29.0 Å². The van der Waals surface area contributed by atoms with Crippen LogP contribution in [0.5, 0.6) is 5.75 Å². The zero-order chi connectivity index (χ0) is 20.2. The molecule has 3 nitrogen and oxygen atoms in total. The lowest BCUT2D eigenvalue weighted by Crippen LogP contribution is -2.03.